The van der Waals surface area contributed by atoms with E-state index in [1.54, 1.807) is 0 Å². The molecule has 1 rings (SSSR count). The van der Waals surface area contributed by atoms with Crippen LogP contribution in [0, 0.1) is 6.92 Å². The lowest BCUT2D eigenvalue weighted by Crippen LogP contribution is -2.41. The summed E-state index contributed by atoms with van der Waals surface area (Å²) in [4.78, 5) is 0.0652. The summed E-state index contributed by atoms with van der Waals surface area (Å²) in [5, 5.41) is 1.50. The quantitative estimate of drug-likeness (QED) is 0.784. The van der Waals surface area contributed by atoms with Crippen molar-refractivity contribution in [2.75, 3.05) is 6.54 Å². The van der Waals surface area contributed by atoms with Crippen molar-refractivity contribution in [3.8, 4) is 0 Å². The number of rotatable bonds is 6. The van der Waals surface area contributed by atoms with Gasteiger partial charge in [0.2, 0.25) is 10.0 Å². The Hall–Kier alpha value is -0.710. The van der Waals surface area contributed by atoms with Gasteiger partial charge in [0.15, 0.2) is 0 Å². The van der Waals surface area contributed by atoms with Gasteiger partial charge in [0, 0.05) is 11.4 Å². The summed E-state index contributed by atoms with van der Waals surface area (Å²) in [7, 11) is -4.29. The number of aryl methyl sites for hydroxylation is 1. The molecule has 1 aromatic heterocycles. The molecule has 19 heavy (non-hydrogen) atoms. The van der Waals surface area contributed by atoms with Crippen molar-refractivity contribution in [1.82, 2.24) is 4.72 Å². The van der Waals surface area contributed by atoms with Gasteiger partial charge in [-0.3, -0.25) is 0 Å². The molecule has 0 saturated carbocycles. The minimum atomic E-state index is -4.42. The molecule has 0 unspecified atom stereocenters. The summed E-state index contributed by atoms with van der Waals surface area (Å²) in [6.07, 6.45) is -3.94. The zero-order valence-corrected chi connectivity index (χ0v) is 11.4. The van der Waals surface area contributed by atoms with Gasteiger partial charge in [-0.15, -0.1) is 11.3 Å². The van der Waals surface area contributed by atoms with Crippen molar-refractivity contribution in [3.05, 3.63) is 15.8 Å². The van der Waals surface area contributed by atoms with Gasteiger partial charge in [0.1, 0.15) is 4.90 Å². The van der Waals surface area contributed by atoms with Gasteiger partial charge in [0.25, 0.3) is 0 Å². The zero-order valence-electron chi connectivity index (χ0n) is 9.79. The van der Waals surface area contributed by atoms with Gasteiger partial charge in [-0.1, -0.05) is 0 Å². The number of alkyl halides is 4. The van der Waals surface area contributed by atoms with E-state index in [2.05, 4.69) is 0 Å². The lowest BCUT2D eigenvalue weighted by molar-refractivity contribution is -0.122. The van der Waals surface area contributed by atoms with Crippen LogP contribution in [0.25, 0.3) is 0 Å². The summed E-state index contributed by atoms with van der Waals surface area (Å²) >= 11 is 1.06. The van der Waals surface area contributed by atoms with Crippen LogP contribution in [0.1, 0.15) is 10.4 Å². The fraction of sp³-hybridized carbons (Fsp3) is 0.556. The van der Waals surface area contributed by atoms with Crippen LogP contribution in [0.5, 0.6) is 0 Å². The number of thiophene rings is 1. The molecule has 0 aliphatic carbocycles. The molecule has 0 amide bonds. The summed E-state index contributed by atoms with van der Waals surface area (Å²) in [5.41, 5.74) is 5.67. The topological polar surface area (TPSA) is 72.2 Å². The van der Waals surface area contributed by atoms with E-state index in [0.29, 0.717) is 5.56 Å². The highest BCUT2D eigenvalue weighted by Crippen LogP contribution is 2.27. The van der Waals surface area contributed by atoms with Gasteiger partial charge >= 0.3 is 12.3 Å². The predicted octanol–water partition coefficient (Wildman–Crippen LogP) is 1.69. The van der Waals surface area contributed by atoms with Crippen LogP contribution in [0.15, 0.2) is 10.3 Å². The maximum absolute atomic E-state index is 12.7. The molecule has 0 fully saturated rings. The van der Waals surface area contributed by atoms with Crippen LogP contribution in [0.2, 0.25) is 0 Å². The molecule has 0 spiro atoms. The Bertz CT molecular complexity index is 542. The second-order valence-corrected chi connectivity index (χ2v) is 6.43. The Morgan fingerprint density at radius 3 is 2.53 bits per heavy atom. The Balaban J connectivity index is 2.97. The highest BCUT2D eigenvalue weighted by Gasteiger charge is 2.42. The number of hydrogen-bond donors (Lipinski definition) is 2. The standard InChI is InChI=1S/C9H12F4N2O2S2/c1-5-3-18-6(2-14)7(5)19(16,17)15-4-9(12,13)8(10)11/h3,8,15H,2,4,14H2,1H3. The van der Waals surface area contributed by atoms with Crippen LogP contribution in [-0.2, 0) is 16.6 Å². The first-order valence-corrected chi connectivity index (χ1v) is 7.40. The van der Waals surface area contributed by atoms with Crippen molar-refractivity contribution < 1.29 is 26.0 Å². The Morgan fingerprint density at radius 1 is 1.47 bits per heavy atom. The molecule has 0 aromatic carbocycles. The highest BCUT2D eigenvalue weighted by atomic mass is 32.2. The molecule has 0 aliphatic rings. The molecular weight excluding hydrogens is 308 g/mol. The van der Waals surface area contributed by atoms with E-state index in [1.165, 1.54) is 17.0 Å². The zero-order chi connectivity index (χ0) is 14.8. The third-order valence-corrected chi connectivity index (χ3v) is 5.15. The van der Waals surface area contributed by atoms with Gasteiger partial charge in [-0.25, -0.2) is 21.9 Å². The van der Waals surface area contributed by atoms with E-state index in [0.717, 1.165) is 11.3 Å². The molecule has 0 radical (unpaired) electrons. The Labute approximate surface area is 111 Å². The van der Waals surface area contributed by atoms with E-state index >= 15 is 0 Å². The van der Waals surface area contributed by atoms with Crippen LogP contribution < -0.4 is 10.5 Å². The Morgan fingerprint density at radius 2 is 2.05 bits per heavy atom. The molecule has 110 valence electrons. The molecule has 10 heteroatoms. The molecule has 0 saturated heterocycles. The summed E-state index contributed by atoms with van der Waals surface area (Å²) in [6.45, 7) is -0.276. The SMILES string of the molecule is Cc1csc(CN)c1S(=O)(=O)NCC(F)(F)C(F)F. The van der Waals surface area contributed by atoms with Crippen LogP contribution in [0.4, 0.5) is 17.6 Å². The second-order valence-electron chi connectivity index (χ2n) is 3.76. The van der Waals surface area contributed by atoms with Gasteiger partial charge < -0.3 is 5.73 Å². The first-order chi connectivity index (χ1) is 8.62. The molecule has 0 bridgehead atoms. The first kappa shape index (κ1) is 16.3. The summed E-state index contributed by atoms with van der Waals surface area (Å²) < 4.78 is 74.5. The maximum Gasteiger partial charge on any atom is 0.320 e. The summed E-state index contributed by atoms with van der Waals surface area (Å²) in [6, 6.07) is 0. The van der Waals surface area contributed by atoms with E-state index in [4.69, 9.17) is 5.73 Å². The minimum Gasteiger partial charge on any atom is -0.326 e. The monoisotopic (exact) mass is 320 g/mol. The maximum atomic E-state index is 12.7. The number of nitrogens with two attached hydrogens (primary N) is 1. The average molecular weight is 320 g/mol. The van der Waals surface area contributed by atoms with Gasteiger partial charge in [-0.05, 0) is 17.9 Å². The van der Waals surface area contributed by atoms with Crippen molar-refractivity contribution in [1.29, 1.82) is 0 Å². The van der Waals surface area contributed by atoms with Crippen LogP contribution in [0.3, 0.4) is 0 Å². The molecule has 3 N–H and O–H groups in total. The van der Waals surface area contributed by atoms with Crippen molar-refractivity contribution in [3.63, 3.8) is 0 Å². The lowest BCUT2D eigenvalue weighted by atomic mass is 10.3. The van der Waals surface area contributed by atoms with Crippen molar-refractivity contribution >= 4 is 21.4 Å². The Kier molecular flexibility index (Phi) is 4.93. The average Bonchev–Trinajstić information content (AvgIpc) is 2.68. The largest absolute Gasteiger partial charge is 0.326 e. The smallest absolute Gasteiger partial charge is 0.320 e. The number of halogens is 4. The number of sulfonamides is 1. The molecule has 0 atom stereocenters. The summed E-state index contributed by atoms with van der Waals surface area (Å²) in [5.74, 6) is -4.42. The second kappa shape index (κ2) is 5.73. The van der Waals surface area contributed by atoms with Crippen LogP contribution in [-0.4, -0.2) is 27.3 Å². The van der Waals surface area contributed by atoms with Gasteiger partial charge in [0.05, 0.1) is 6.54 Å². The minimum absolute atomic E-state index is 0.0833. The number of hydrogen-bond acceptors (Lipinski definition) is 4. The van der Waals surface area contributed by atoms with E-state index < -0.39 is 28.9 Å². The van der Waals surface area contributed by atoms with E-state index in [1.807, 2.05) is 0 Å². The van der Waals surface area contributed by atoms with Crippen molar-refractivity contribution in [2.45, 2.75) is 30.7 Å². The molecule has 1 heterocycles. The van der Waals surface area contributed by atoms with Crippen molar-refractivity contribution in [2.24, 2.45) is 5.73 Å². The fourth-order valence-electron chi connectivity index (χ4n) is 1.33. The number of nitrogens with one attached hydrogen (secondary N) is 1. The lowest BCUT2D eigenvalue weighted by Gasteiger charge is -2.16. The van der Waals surface area contributed by atoms with Gasteiger partial charge in [-0.2, -0.15) is 8.78 Å². The van der Waals surface area contributed by atoms with E-state index in [9.17, 15) is 26.0 Å². The molecule has 0 aliphatic heterocycles. The molecule has 1 aromatic rings. The van der Waals surface area contributed by atoms with Crippen LogP contribution >= 0.6 is 11.3 Å². The molecular formula is C9H12F4N2O2S2. The third-order valence-electron chi connectivity index (χ3n) is 2.26. The van der Waals surface area contributed by atoms with E-state index in [-0.39, 0.29) is 16.3 Å². The first-order valence-electron chi connectivity index (χ1n) is 5.04. The fourth-order valence-corrected chi connectivity index (χ4v) is 4.07. The normalized spacial score (nSPS) is 13.2. The molecule has 4 nitrogen and oxygen atoms in total. The highest BCUT2D eigenvalue weighted by molar-refractivity contribution is 7.89. The predicted molar refractivity (Wildman–Crippen MR) is 63.1 cm³/mol. The third kappa shape index (κ3) is 3.65.